The van der Waals surface area contributed by atoms with Gasteiger partial charge in [0.15, 0.2) is 0 Å². The Morgan fingerprint density at radius 2 is 2.25 bits per heavy atom. The fourth-order valence-electron chi connectivity index (χ4n) is 1.11. The van der Waals surface area contributed by atoms with E-state index < -0.39 is 0 Å². The molecule has 1 aromatic carbocycles. The van der Waals surface area contributed by atoms with Gasteiger partial charge < -0.3 is 15.7 Å². The van der Waals surface area contributed by atoms with E-state index in [0.29, 0.717) is 5.69 Å². The molecular formula is C11H15BrN2O2. The normalized spacial score (nSPS) is 12.0. The SMILES string of the molecule is Cc1ccc(NC(=O)N[C@@H](C)CO)cc1Br. The van der Waals surface area contributed by atoms with Gasteiger partial charge in [0, 0.05) is 10.2 Å². The zero-order valence-corrected chi connectivity index (χ0v) is 10.8. The molecule has 0 aliphatic rings. The van der Waals surface area contributed by atoms with Gasteiger partial charge in [-0.2, -0.15) is 0 Å². The minimum absolute atomic E-state index is 0.0784. The molecule has 0 radical (unpaired) electrons. The second-order valence-electron chi connectivity index (χ2n) is 3.65. The quantitative estimate of drug-likeness (QED) is 0.798. The van der Waals surface area contributed by atoms with Crippen molar-refractivity contribution in [3.63, 3.8) is 0 Å². The van der Waals surface area contributed by atoms with E-state index in [1.165, 1.54) is 0 Å². The van der Waals surface area contributed by atoms with Crippen LogP contribution in [-0.4, -0.2) is 23.8 Å². The molecule has 16 heavy (non-hydrogen) atoms. The van der Waals surface area contributed by atoms with Crippen LogP contribution in [0.15, 0.2) is 22.7 Å². The Bertz CT molecular complexity index is 382. The first-order chi connectivity index (χ1) is 7.52. The maximum Gasteiger partial charge on any atom is 0.319 e. The second-order valence-corrected chi connectivity index (χ2v) is 4.50. The molecule has 1 rings (SSSR count). The molecule has 0 heterocycles. The summed E-state index contributed by atoms with van der Waals surface area (Å²) in [7, 11) is 0. The molecule has 4 nitrogen and oxygen atoms in total. The molecule has 1 atom stereocenters. The first-order valence-electron chi connectivity index (χ1n) is 4.97. The lowest BCUT2D eigenvalue weighted by molar-refractivity contribution is 0.229. The van der Waals surface area contributed by atoms with Crippen molar-refractivity contribution >= 4 is 27.6 Å². The van der Waals surface area contributed by atoms with E-state index in [1.54, 1.807) is 6.92 Å². The Hall–Kier alpha value is -1.07. The number of nitrogens with one attached hydrogen (secondary N) is 2. The van der Waals surface area contributed by atoms with Crippen LogP contribution in [0.4, 0.5) is 10.5 Å². The van der Waals surface area contributed by atoms with Gasteiger partial charge in [0.1, 0.15) is 0 Å². The summed E-state index contributed by atoms with van der Waals surface area (Å²) in [5.41, 5.74) is 1.81. The van der Waals surface area contributed by atoms with E-state index in [0.717, 1.165) is 10.0 Å². The Kier molecular flexibility index (Phi) is 4.76. The molecule has 0 aliphatic carbocycles. The van der Waals surface area contributed by atoms with Gasteiger partial charge in [-0.1, -0.05) is 22.0 Å². The fourth-order valence-corrected chi connectivity index (χ4v) is 1.49. The summed E-state index contributed by atoms with van der Waals surface area (Å²) in [5.74, 6) is 0. The van der Waals surface area contributed by atoms with E-state index in [-0.39, 0.29) is 18.7 Å². The molecule has 0 bridgehead atoms. The number of anilines is 1. The van der Waals surface area contributed by atoms with Crippen molar-refractivity contribution in [1.82, 2.24) is 5.32 Å². The summed E-state index contributed by atoms with van der Waals surface area (Å²) in [6.45, 7) is 3.62. The van der Waals surface area contributed by atoms with Crippen molar-refractivity contribution in [2.75, 3.05) is 11.9 Å². The van der Waals surface area contributed by atoms with E-state index in [1.807, 2.05) is 25.1 Å². The third-order valence-corrected chi connectivity index (χ3v) is 2.94. The first-order valence-corrected chi connectivity index (χ1v) is 5.76. The van der Waals surface area contributed by atoms with E-state index in [4.69, 9.17) is 5.11 Å². The van der Waals surface area contributed by atoms with Crippen molar-refractivity contribution in [2.45, 2.75) is 19.9 Å². The maximum absolute atomic E-state index is 11.4. The van der Waals surface area contributed by atoms with Crippen LogP contribution in [0.1, 0.15) is 12.5 Å². The van der Waals surface area contributed by atoms with E-state index >= 15 is 0 Å². The number of halogens is 1. The van der Waals surface area contributed by atoms with Crippen LogP contribution in [0, 0.1) is 6.92 Å². The number of hydrogen-bond acceptors (Lipinski definition) is 2. The Morgan fingerprint density at radius 3 is 2.81 bits per heavy atom. The number of urea groups is 1. The van der Waals surface area contributed by atoms with Gasteiger partial charge in [-0.15, -0.1) is 0 Å². The lowest BCUT2D eigenvalue weighted by Crippen LogP contribution is -2.38. The van der Waals surface area contributed by atoms with Crippen molar-refractivity contribution in [1.29, 1.82) is 0 Å². The van der Waals surface area contributed by atoms with Crippen LogP contribution in [0.5, 0.6) is 0 Å². The fraction of sp³-hybridized carbons (Fsp3) is 0.364. The Balaban J connectivity index is 2.59. The van der Waals surface area contributed by atoms with E-state index in [2.05, 4.69) is 26.6 Å². The zero-order chi connectivity index (χ0) is 12.1. The number of aliphatic hydroxyl groups is 1. The zero-order valence-electron chi connectivity index (χ0n) is 9.25. The van der Waals surface area contributed by atoms with Crippen LogP contribution in [0.3, 0.4) is 0 Å². The minimum atomic E-state index is -0.322. The Morgan fingerprint density at radius 1 is 1.56 bits per heavy atom. The van der Waals surface area contributed by atoms with Crippen molar-refractivity contribution in [2.24, 2.45) is 0 Å². The summed E-state index contributed by atoms with van der Waals surface area (Å²) in [6.07, 6.45) is 0. The molecule has 0 fully saturated rings. The molecule has 88 valence electrons. The molecule has 2 amide bonds. The van der Waals surface area contributed by atoms with Crippen LogP contribution >= 0.6 is 15.9 Å². The van der Waals surface area contributed by atoms with Crippen LogP contribution in [0.2, 0.25) is 0 Å². The summed E-state index contributed by atoms with van der Waals surface area (Å²) in [6, 6.07) is 4.99. The molecule has 0 saturated carbocycles. The number of amides is 2. The standard InChI is InChI=1S/C11H15BrN2O2/c1-7-3-4-9(5-10(7)12)14-11(16)13-8(2)6-15/h3-5,8,15H,6H2,1-2H3,(H2,13,14,16)/t8-/m0/s1. The van der Waals surface area contributed by atoms with E-state index in [9.17, 15) is 4.79 Å². The van der Waals surface area contributed by atoms with Gasteiger partial charge in [0.25, 0.3) is 0 Å². The predicted molar refractivity (Wildman–Crippen MR) is 67.6 cm³/mol. The summed E-state index contributed by atoms with van der Waals surface area (Å²) >= 11 is 3.39. The lowest BCUT2D eigenvalue weighted by atomic mass is 10.2. The van der Waals surface area contributed by atoms with Gasteiger partial charge >= 0.3 is 6.03 Å². The van der Waals surface area contributed by atoms with Crippen molar-refractivity contribution in [3.8, 4) is 0 Å². The van der Waals surface area contributed by atoms with Crippen LogP contribution in [0.25, 0.3) is 0 Å². The highest BCUT2D eigenvalue weighted by molar-refractivity contribution is 9.10. The lowest BCUT2D eigenvalue weighted by Gasteiger charge is -2.12. The molecule has 0 spiro atoms. The summed E-state index contributed by atoms with van der Waals surface area (Å²) in [4.78, 5) is 11.4. The predicted octanol–water partition coefficient (Wildman–Crippen LogP) is 2.26. The number of benzene rings is 1. The Labute approximate surface area is 103 Å². The highest BCUT2D eigenvalue weighted by Crippen LogP contribution is 2.20. The van der Waals surface area contributed by atoms with Crippen LogP contribution in [-0.2, 0) is 0 Å². The number of hydrogen-bond donors (Lipinski definition) is 3. The van der Waals surface area contributed by atoms with Gasteiger partial charge in [-0.05, 0) is 31.5 Å². The summed E-state index contributed by atoms with van der Waals surface area (Å²) < 4.78 is 0.945. The molecule has 5 heteroatoms. The molecule has 0 unspecified atom stereocenters. The van der Waals surface area contributed by atoms with Crippen LogP contribution < -0.4 is 10.6 Å². The topological polar surface area (TPSA) is 61.4 Å². The second kappa shape index (κ2) is 5.86. The van der Waals surface area contributed by atoms with Gasteiger partial charge in [0.2, 0.25) is 0 Å². The molecule has 0 saturated heterocycles. The smallest absolute Gasteiger partial charge is 0.319 e. The van der Waals surface area contributed by atoms with Gasteiger partial charge in [-0.3, -0.25) is 0 Å². The molecular weight excluding hydrogens is 272 g/mol. The monoisotopic (exact) mass is 286 g/mol. The number of carbonyl (C=O) groups excluding carboxylic acids is 1. The minimum Gasteiger partial charge on any atom is -0.394 e. The highest BCUT2D eigenvalue weighted by Gasteiger charge is 2.06. The average molecular weight is 287 g/mol. The van der Waals surface area contributed by atoms with Crippen molar-refractivity contribution < 1.29 is 9.90 Å². The molecule has 0 aromatic heterocycles. The molecule has 3 N–H and O–H groups in total. The van der Waals surface area contributed by atoms with Gasteiger partial charge in [-0.25, -0.2) is 4.79 Å². The molecule has 0 aliphatic heterocycles. The number of rotatable bonds is 3. The number of aliphatic hydroxyl groups excluding tert-OH is 1. The van der Waals surface area contributed by atoms with Crippen molar-refractivity contribution in [3.05, 3.63) is 28.2 Å². The third kappa shape index (κ3) is 3.83. The number of carbonyl (C=O) groups is 1. The largest absolute Gasteiger partial charge is 0.394 e. The number of aryl methyl sites for hydroxylation is 1. The third-order valence-electron chi connectivity index (χ3n) is 2.08. The average Bonchev–Trinajstić information content (AvgIpc) is 2.23. The molecule has 1 aromatic rings. The summed E-state index contributed by atoms with van der Waals surface area (Å²) in [5, 5.41) is 14.1. The highest BCUT2D eigenvalue weighted by atomic mass is 79.9. The first kappa shape index (κ1) is 13.0. The maximum atomic E-state index is 11.4. The van der Waals surface area contributed by atoms with Gasteiger partial charge in [0.05, 0.1) is 12.6 Å².